The average Bonchev–Trinajstić information content (AvgIpc) is 3.52. The number of aliphatic hydroxyl groups is 2. The Balaban J connectivity index is 0.000000213. The first kappa shape index (κ1) is 31.7. The molecule has 1 aromatic heterocycles. The second kappa shape index (κ2) is 15.3. The highest BCUT2D eigenvalue weighted by molar-refractivity contribution is 6.31. The van der Waals surface area contributed by atoms with Gasteiger partial charge in [-0.15, -0.1) is 0 Å². The van der Waals surface area contributed by atoms with E-state index in [0.717, 1.165) is 16.7 Å². The third kappa shape index (κ3) is 8.40. The van der Waals surface area contributed by atoms with E-state index in [-0.39, 0.29) is 19.8 Å². The Hall–Kier alpha value is -4.26. The number of carboxylic acids is 1. The number of hydrogen-bond donors (Lipinski definition) is 4. The number of fused-ring (bicyclic) bond motifs is 1. The quantitative estimate of drug-likeness (QED) is 0.191. The van der Waals surface area contributed by atoms with E-state index in [4.69, 9.17) is 31.8 Å². The van der Waals surface area contributed by atoms with E-state index >= 15 is 0 Å². The Morgan fingerprint density at radius 1 is 1.09 bits per heavy atom. The molecule has 3 aromatic carbocycles. The van der Waals surface area contributed by atoms with Crippen molar-refractivity contribution in [3.8, 4) is 22.9 Å². The average molecular weight is 600 g/mol. The van der Waals surface area contributed by atoms with Gasteiger partial charge >= 0.3 is 5.97 Å². The Bertz CT molecular complexity index is 1620. The van der Waals surface area contributed by atoms with Crippen molar-refractivity contribution >= 4 is 17.6 Å². The number of hydrogen-bond acceptors (Lipinski definition) is 7. The lowest BCUT2D eigenvalue weighted by Gasteiger charge is -2.16. The summed E-state index contributed by atoms with van der Waals surface area (Å²) in [5.41, 5.74) is 9.20. The number of pyridine rings is 1. The molecule has 222 valence electrons. The first-order valence-electron chi connectivity index (χ1n) is 14.0. The molecule has 0 saturated heterocycles. The van der Waals surface area contributed by atoms with Crippen molar-refractivity contribution in [1.82, 2.24) is 10.3 Å². The Morgan fingerprint density at radius 2 is 1.91 bits per heavy atom. The van der Waals surface area contributed by atoms with E-state index in [2.05, 4.69) is 40.6 Å². The summed E-state index contributed by atoms with van der Waals surface area (Å²) in [6, 6.07) is 20.9. The number of aliphatic carboxylic acids is 1. The van der Waals surface area contributed by atoms with Crippen LogP contribution in [0, 0.1) is 18.3 Å². The monoisotopic (exact) mass is 599 g/mol. The van der Waals surface area contributed by atoms with Gasteiger partial charge in [0.25, 0.3) is 0 Å². The predicted octanol–water partition coefficient (Wildman–Crippen LogP) is 5.36. The lowest BCUT2D eigenvalue weighted by molar-refractivity contribution is -0.140. The summed E-state index contributed by atoms with van der Waals surface area (Å²) in [7, 11) is 0. The molecule has 1 unspecified atom stereocenters. The number of carboxylic acid groups (broad SMARTS) is 1. The number of carbonyl (C=O) groups is 1. The molecule has 9 heteroatoms. The van der Waals surface area contributed by atoms with Crippen molar-refractivity contribution in [2.24, 2.45) is 0 Å². The van der Waals surface area contributed by atoms with E-state index in [9.17, 15) is 9.90 Å². The smallest absolute Gasteiger partial charge is 0.323 e. The van der Waals surface area contributed by atoms with Crippen molar-refractivity contribution in [1.29, 1.82) is 5.26 Å². The second-order valence-electron chi connectivity index (χ2n) is 10.3. The molecule has 4 N–H and O–H groups in total. The lowest BCUT2D eigenvalue weighted by Crippen LogP contribution is -2.39. The highest BCUT2D eigenvalue weighted by atomic mass is 35.5. The molecule has 1 aliphatic rings. The predicted molar refractivity (Wildman–Crippen MR) is 165 cm³/mol. The third-order valence-corrected chi connectivity index (χ3v) is 7.65. The van der Waals surface area contributed by atoms with Crippen LogP contribution in [0.4, 0.5) is 0 Å². The van der Waals surface area contributed by atoms with Crippen molar-refractivity contribution in [3.05, 3.63) is 117 Å². The van der Waals surface area contributed by atoms with Crippen LogP contribution in [0.2, 0.25) is 5.02 Å². The first-order valence-corrected chi connectivity index (χ1v) is 14.3. The van der Waals surface area contributed by atoms with Crippen molar-refractivity contribution < 1.29 is 24.9 Å². The fraction of sp³-hybridized carbons (Fsp3) is 0.265. The summed E-state index contributed by atoms with van der Waals surface area (Å²) in [6.07, 6.45) is 6.74. The molecule has 1 atom stereocenters. The van der Waals surface area contributed by atoms with E-state index in [1.165, 1.54) is 47.7 Å². The van der Waals surface area contributed by atoms with Gasteiger partial charge in [0.1, 0.15) is 24.5 Å². The highest BCUT2D eigenvalue weighted by Crippen LogP contribution is 2.32. The molecule has 0 fully saturated rings. The van der Waals surface area contributed by atoms with Gasteiger partial charge in [-0.3, -0.25) is 15.1 Å². The number of halogens is 1. The summed E-state index contributed by atoms with van der Waals surface area (Å²) in [5, 5.41) is 39.5. The van der Waals surface area contributed by atoms with Crippen LogP contribution in [0.25, 0.3) is 11.1 Å². The molecule has 0 radical (unpaired) electrons. The van der Waals surface area contributed by atoms with Crippen LogP contribution in [-0.2, 0) is 37.4 Å². The van der Waals surface area contributed by atoms with Gasteiger partial charge < -0.3 is 20.1 Å². The van der Waals surface area contributed by atoms with Crippen LogP contribution in [-0.4, -0.2) is 38.9 Å². The van der Waals surface area contributed by atoms with E-state index < -0.39 is 18.6 Å². The van der Waals surface area contributed by atoms with E-state index in [1.54, 1.807) is 24.4 Å². The summed E-state index contributed by atoms with van der Waals surface area (Å²) < 4.78 is 5.83. The van der Waals surface area contributed by atoms with E-state index in [1.807, 2.05) is 25.1 Å². The minimum Gasteiger partial charge on any atom is -0.489 e. The molecule has 1 aliphatic carbocycles. The minimum absolute atomic E-state index is 0.114. The maximum atomic E-state index is 11.0. The Kier molecular flexibility index (Phi) is 11.3. The zero-order valence-electron chi connectivity index (χ0n) is 23.9. The molecular formula is C34H34ClN3O5. The highest BCUT2D eigenvalue weighted by Gasteiger charge is 2.17. The van der Waals surface area contributed by atoms with Gasteiger partial charge in [0.15, 0.2) is 0 Å². The van der Waals surface area contributed by atoms with Gasteiger partial charge in [-0.1, -0.05) is 48.0 Å². The van der Waals surface area contributed by atoms with Gasteiger partial charge in [0, 0.05) is 35.1 Å². The molecule has 0 saturated carbocycles. The standard InChI is InChI=1S/C18H18ClN3O4.C16H16O/c1-11-2-17(26-10-13-3-12(5-20)6-21-7-13)14(4-15(11)19)8-22-16(9-23)18(24)25;17-11-12-4-1-7-14(10-12)16-9-3-6-13-5-2-8-15(13)16/h2-4,6-7,16,22-23H,8-10H2,1H3,(H,24,25);1,3-4,6-7,9-10,17H,2,5,8,11H2. The SMILES string of the molecule is Cc1cc(OCc2cncc(C#N)c2)c(CNC(CO)C(=O)O)cc1Cl.OCc1cccc(-c2cccc3c2CCC3)c1. The van der Waals surface area contributed by atoms with E-state index in [0.29, 0.717) is 21.9 Å². The fourth-order valence-corrected chi connectivity index (χ4v) is 5.13. The van der Waals surface area contributed by atoms with Crippen LogP contribution >= 0.6 is 11.6 Å². The summed E-state index contributed by atoms with van der Waals surface area (Å²) in [6.45, 7) is 1.76. The third-order valence-electron chi connectivity index (χ3n) is 7.25. The van der Waals surface area contributed by atoms with Crippen LogP contribution in [0.15, 0.2) is 73.1 Å². The normalized spacial score (nSPS) is 12.4. The molecule has 0 spiro atoms. The van der Waals surface area contributed by atoms with Gasteiger partial charge in [-0.05, 0) is 83.8 Å². The minimum atomic E-state index is -1.15. The summed E-state index contributed by atoms with van der Waals surface area (Å²) in [4.78, 5) is 15.0. The first-order chi connectivity index (χ1) is 20.8. The number of ether oxygens (including phenoxy) is 1. The molecule has 4 aromatic rings. The topological polar surface area (TPSA) is 136 Å². The molecule has 5 rings (SSSR count). The van der Waals surface area contributed by atoms with Crippen LogP contribution in [0.1, 0.15) is 45.4 Å². The number of nitrogens with one attached hydrogen (secondary N) is 1. The van der Waals surface area contributed by atoms with Crippen molar-refractivity contribution in [3.63, 3.8) is 0 Å². The summed E-state index contributed by atoms with van der Waals surface area (Å²) in [5.74, 6) is -0.614. The second-order valence-corrected chi connectivity index (χ2v) is 10.7. The fourth-order valence-electron chi connectivity index (χ4n) is 4.95. The largest absolute Gasteiger partial charge is 0.489 e. The number of benzene rings is 3. The van der Waals surface area contributed by atoms with Gasteiger partial charge in [0.05, 0.1) is 18.8 Å². The zero-order chi connectivity index (χ0) is 30.8. The molecule has 43 heavy (non-hydrogen) atoms. The number of aliphatic hydroxyl groups excluding tert-OH is 2. The lowest BCUT2D eigenvalue weighted by atomic mass is 9.96. The van der Waals surface area contributed by atoms with Gasteiger partial charge in [-0.25, -0.2) is 0 Å². The molecule has 0 bridgehead atoms. The maximum absolute atomic E-state index is 11.0. The number of rotatable bonds is 10. The number of nitriles is 1. The van der Waals surface area contributed by atoms with Crippen LogP contribution in [0.5, 0.6) is 5.75 Å². The molecular weight excluding hydrogens is 566 g/mol. The summed E-state index contributed by atoms with van der Waals surface area (Å²) >= 11 is 6.16. The van der Waals surface area contributed by atoms with Gasteiger partial charge in [0.2, 0.25) is 0 Å². The van der Waals surface area contributed by atoms with Crippen LogP contribution in [0.3, 0.4) is 0 Å². The molecule has 1 heterocycles. The molecule has 0 aliphatic heterocycles. The van der Waals surface area contributed by atoms with Crippen LogP contribution < -0.4 is 10.1 Å². The zero-order valence-corrected chi connectivity index (χ0v) is 24.6. The molecule has 8 nitrogen and oxygen atoms in total. The number of aryl methyl sites for hydroxylation is 2. The molecule has 0 amide bonds. The Labute approximate surface area is 256 Å². The van der Waals surface area contributed by atoms with Gasteiger partial charge in [-0.2, -0.15) is 5.26 Å². The van der Waals surface area contributed by atoms with Crippen molar-refractivity contribution in [2.75, 3.05) is 6.61 Å². The number of nitrogens with zero attached hydrogens (tertiary/aromatic N) is 2. The number of aromatic nitrogens is 1. The van der Waals surface area contributed by atoms with Crippen molar-refractivity contribution in [2.45, 2.75) is 52.0 Å². The Morgan fingerprint density at radius 3 is 2.65 bits per heavy atom. The maximum Gasteiger partial charge on any atom is 0.323 e.